The maximum atomic E-state index is 12.6. The summed E-state index contributed by atoms with van der Waals surface area (Å²) in [5.74, 6) is 0.679. The van der Waals surface area contributed by atoms with Gasteiger partial charge in [-0.2, -0.15) is 0 Å². The monoisotopic (exact) mass is 352 g/mol. The molecule has 5 nitrogen and oxygen atoms in total. The van der Waals surface area contributed by atoms with Crippen LogP contribution in [0.4, 0.5) is 0 Å². The molecule has 0 radical (unpaired) electrons. The van der Waals surface area contributed by atoms with Crippen LogP contribution < -0.4 is 5.32 Å². The van der Waals surface area contributed by atoms with Crippen LogP contribution >= 0.6 is 11.6 Å². The predicted octanol–water partition coefficient (Wildman–Crippen LogP) is 3.65. The lowest BCUT2D eigenvalue weighted by Crippen LogP contribution is -2.26. The Kier molecular flexibility index (Phi) is 3.73. The first-order valence-corrected chi connectivity index (χ1v) is 8.36. The summed E-state index contributed by atoms with van der Waals surface area (Å²) in [5.41, 5.74) is 3.50. The maximum Gasteiger partial charge on any atom is 0.268 e. The highest BCUT2D eigenvalue weighted by Gasteiger charge is 2.15. The Morgan fingerprint density at radius 3 is 2.68 bits per heavy atom. The molecule has 2 heterocycles. The van der Waals surface area contributed by atoms with E-state index in [1.807, 2.05) is 71.8 Å². The fraction of sp³-hybridized carbons (Fsp3) is 0.158. The maximum absolute atomic E-state index is 12.6. The molecule has 0 atom stereocenters. The van der Waals surface area contributed by atoms with Gasteiger partial charge in [-0.1, -0.05) is 29.8 Å². The Bertz CT molecular complexity index is 1110. The van der Waals surface area contributed by atoms with Gasteiger partial charge in [0.1, 0.15) is 11.5 Å². The molecule has 126 valence electrons. The molecule has 0 bridgehead atoms. The molecule has 0 unspecified atom stereocenters. The Labute approximate surface area is 149 Å². The lowest BCUT2D eigenvalue weighted by molar-refractivity contribution is 0.0942. The number of fused-ring (bicyclic) bond motifs is 2. The van der Waals surface area contributed by atoms with E-state index in [0.29, 0.717) is 17.3 Å². The van der Waals surface area contributed by atoms with Crippen molar-refractivity contribution in [2.75, 3.05) is 0 Å². The standard InChI is InChI=1S/C19H17ClN4O/c1-23-16-10-13(20)8-7-12(16)9-17(23)19(25)21-11-18-22-14-5-3-4-6-15(14)24(18)2/h3-10H,11H2,1-2H3,(H,21,25). The van der Waals surface area contributed by atoms with E-state index in [2.05, 4.69) is 10.3 Å². The van der Waals surface area contributed by atoms with Crippen molar-refractivity contribution < 1.29 is 4.79 Å². The molecule has 1 amide bonds. The van der Waals surface area contributed by atoms with E-state index in [4.69, 9.17) is 11.6 Å². The van der Waals surface area contributed by atoms with Gasteiger partial charge in [0.25, 0.3) is 5.91 Å². The van der Waals surface area contributed by atoms with Crippen molar-refractivity contribution in [3.05, 3.63) is 65.1 Å². The number of hydrogen-bond donors (Lipinski definition) is 1. The van der Waals surface area contributed by atoms with Gasteiger partial charge in [0, 0.05) is 30.0 Å². The summed E-state index contributed by atoms with van der Waals surface area (Å²) >= 11 is 6.05. The number of benzene rings is 2. The number of carbonyl (C=O) groups is 1. The topological polar surface area (TPSA) is 51.9 Å². The normalized spacial score (nSPS) is 11.3. The molecule has 2 aromatic carbocycles. The third kappa shape index (κ3) is 2.66. The number of imidazole rings is 1. The second kappa shape index (κ2) is 5.93. The SMILES string of the molecule is Cn1c(C(=O)NCc2nc3ccccc3n2C)cc2ccc(Cl)cc21. The molecule has 1 N–H and O–H groups in total. The molecule has 0 aliphatic heterocycles. The largest absolute Gasteiger partial charge is 0.344 e. The second-order valence-corrected chi connectivity index (χ2v) is 6.49. The van der Waals surface area contributed by atoms with E-state index in [1.165, 1.54) is 0 Å². The Morgan fingerprint density at radius 2 is 1.88 bits per heavy atom. The van der Waals surface area contributed by atoms with E-state index in [0.717, 1.165) is 27.8 Å². The third-order valence-corrected chi connectivity index (χ3v) is 4.76. The van der Waals surface area contributed by atoms with E-state index in [1.54, 1.807) is 0 Å². The van der Waals surface area contributed by atoms with Gasteiger partial charge in [-0.3, -0.25) is 4.79 Å². The minimum atomic E-state index is -0.137. The highest BCUT2D eigenvalue weighted by atomic mass is 35.5. The van der Waals surface area contributed by atoms with Crippen LogP contribution in [-0.4, -0.2) is 20.0 Å². The zero-order valence-electron chi connectivity index (χ0n) is 14.0. The molecule has 0 aliphatic carbocycles. The van der Waals surface area contributed by atoms with Crippen molar-refractivity contribution in [1.82, 2.24) is 19.4 Å². The van der Waals surface area contributed by atoms with E-state index >= 15 is 0 Å². The number of halogens is 1. The Morgan fingerprint density at radius 1 is 1.08 bits per heavy atom. The average molecular weight is 353 g/mol. The van der Waals surface area contributed by atoms with Crippen LogP contribution in [0.2, 0.25) is 5.02 Å². The highest BCUT2D eigenvalue weighted by molar-refractivity contribution is 6.31. The van der Waals surface area contributed by atoms with Crippen molar-refractivity contribution in [3.63, 3.8) is 0 Å². The van der Waals surface area contributed by atoms with Crippen LogP contribution in [0.1, 0.15) is 16.3 Å². The van der Waals surface area contributed by atoms with Gasteiger partial charge in [0.15, 0.2) is 0 Å². The second-order valence-electron chi connectivity index (χ2n) is 6.05. The number of nitrogens with zero attached hydrogens (tertiary/aromatic N) is 3. The molecule has 0 spiro atoms. The van der Waals surface area contributed by atoms with Gasteiger partial charge in [0.2, 0.25) is 0 Å². The molecule has 25 heavy (non-hydrogen) atoms. The summed E-state index contributed by atoms with van der Waals surface area (Å²) in [4.78, 5) is 17.2. The van der Waals surface area contributed by atoms with E-state index in [9.17, 15) is 4.79 Å². The smallest absolute Gasteiger partial charge is 0.268 e. The number of aromatic nitrogens is 3. The van der Waals surface area contributed by atoms with Crippen molar-refractivity contribution in [2.45, 2.75) is 6.54 Å². The Hall–Kier alpha value is -2.79. The fourth-order valence-corrected chi connectivity index (χ4v) is 3.29. The zero-order chi connectivity index (χ0) is 17.6. The number of carbonyl (C=O) groups excluding carboxylic acids is 1. The Balaban J connectivity index is 1.59. The number of rotatable bonds is 3. The summed E-state index contributed by atoms with van der Waals surface area (Å²) in [5, 5.41) is 4.60. The molecule has 2 aromatic heterocycles. The van der Waals surface area contributed by atoms with Gasteiger partial charge in [-0.05, 0) is 30.3 Å². The first-order valence-electron chi connectivity index (χ1n) is 7.98. The van der Waals surface area contributed by atoms with Crippen molar-refractivity contribution in [1.29, 1.82) is 0 Å². The lowest BCUT2D eigenvalue weighted by Gasteiger charge is -2.07. The number of nitrogens with one attached hydrogen (secondary N) is 1. The fourth-order valence-electron chi connectivity index (χ4n) is 3.12. The molecule has 0 aliphatic rings. The number of amides is 1. The third-order valence-electron chi connectivity index (χ3n) is 4.53. The summed E-state index contributed by atoms with van der Waals surface area (Å²) in [7, 11) is 3.82. The molecule has 0 saturated carbocycles. The van der Waals surface area contributed by atoms with Gasteiger partial charge in [-0.15, -0.1) is 0 Å². The predicted molar refractivity (Wildman–Crippen MR) is 99.8 cm³/mol. The highest BCUT2D eigenvalue weighted by Crippen LogP contribution is 2.22. The number of para-hydroxylation sites is 2. The minimum Gasteiger partial charge on any atom is -0.344 e. The van der Waals surface area contributed by atoms with Crippen LogP contribution in [0.3, 0.4) is 0 Å². The molecule has 6 heteroatoms. The van der Waals surface area contributed by atoms with Crippen molar-refractivity contribution >= 4 is 39.4 Å². The number of hydrogen-bond acceptors (Lipinski definition) is 2. The molecule has 0 fully saturated rings. The molecule has 4 rings (SSSR count). The first-order chi connectivity index (χ1) is 12.0. The van der Waals surface area contributed by atoms with Crippen LogP contribution in [0, 0.1) is 0 Å². The lowest BCUT2D eigenvalue weighted by atomic mass is 10.2. The molecule has 4 aromatic rings. The van der Waals surface area contributed by atoms with Gasteiger partial charge >= 0.3 is 0 Å². The number of aryl methyl sites for hydroxylation is 2. The zero-order valence-corrected chi connectivity index (χ0v) is 14.7. The van der Waals surface area contributed by atoms with E-state index < -0.39 is 0 Å². The minimum absolute atomic E-state index is 0.137. The van der Waals surface area contributed by atoms with Crippen LogP contribution in [0.5, 0.6) is 0 Å². The molecular formula is C19H17ClN4O. The van der Waals surface area contributed by atoms with Crippen LogP contribution in [-0.2, 0) is 20.6 Å². The van der Waals surface area contributed by atoms with Gasteiger partial charge < -0.3 is 14.5 Å². The molecule has 0 saturated heterocycles. The first kappa shape index (κ1) is 15.7. The summed E-state index contributed by atoms with van der Waals surface area (Å²) in [6.07, 6.45) is 0. The molecular weight excluding hydrogens is 336 g/mol. The summed E-state index contributed by atoms with van der Waals surface area (Å²) < 4.78 is 3.85. The van der Waals surface area contributed by atoms with Crippen LogP contribution in [0.25, 0.3) is 21.9 Å². The quantitative estimate of drug-likeness (QED) is 0.612. The summed E-state index contributed by atoms with van der Waals surface area (Å²) in [6, 6.07) is 15.4. The van der Waals surface area contributed by atoms with Gasteiger partial charge in [-0.25, -0.2) is 4.98 Å². The van der Waals surface area contributed by atoms with Crippen LogP contribution in [0.15, 0.2) is 48.5 Å². The van der Waals surface area contributed by atoms with Gasteiger partial charge in [0.05, 0.1) is 17.6 Å². The van der Waals surface area contributed by atoms with E-state index in [-0.39, 0.29) is 5.91 Å². The summed E-state index contributed by atoms with van der Waals surface area (Å²) in [6.45, 7) is 0.367. The van der Waals surface area contributed by atoms with Crippen molar-refractivity contribution in [2.24, 2.45) is 14.1 Å². The van der Waals surface area contributed by atoms with Crippen molar-refractivity contribution in [3.8, 4) is 0 Å². The average Bonchev–Trinajstić information content (AvgIpc) is 3.11.